The number of likely N-dealkylation sites (N-methyl/N-ethyl adjacent to an activating group) is 1. The van der Waals surface area contributed by atoms with E-state index in [1.54, 1.807) is 0 Å². The fraction of sp³-hybridized carbons (Fsp3) is 0.902. The predicted molar refractivity (Wildman–Crippen MR) is 303 cm³/mol. The van der Waals surface area contributed by atoms with E-state index in [0.29, 0.717) is 17.4 Å². The van der Waals surface area contributed by atoms with Crippen LogP contribution >= 0.6 is 7.82 Å². The maximum atomic E-state index is 13.5. The van der Waals surface area contributed by atoms with Crippen molar-refractivity contribution in [1.29, 1.82) is 0 Å². The molecule has 0 spiro atoms. The smallest absolute Gasteiger partial charge is 0.306 e. The highest BCUT2D eigenvalue weighted by molar-refractivity contribution is 7.45. The van der Waals surface area contributed by atoms with Crippen LogP contribution in [0.2, 0.25) is 0 Å². The Morgan fingerprint density at radius 1 is 0.479 bits per heavy atom. The highest BCUT2D eigenvalue weighted by Crippen LogP contribution is 2.38. The number of esters is 1. The van der Waals surface area contributed by atoms with E-state index in [0.717, 1.165) is 70.6 Å². The van der Waals surface area contributed by atoms with Gasteiger partial charge in [0.25, 0.3) is 7.82 Å². The normalized spacial score (nSPS) is 13.8. The Labute approximate surface area is 441 Å². The Bertz CT molecular complexity index is 1270. The van der Waals surface area contributed by atoms with Crippen LogP contribution in [0.5, 0.6) is 0 Å². The van der Waals surface area contributed by atoms with Gasteiger partial charge in [0.2, 0.25) is 5.91 Å². The second-order valence-electron chi connectivity index (χ2n) is 22.2. The maximum absolute atomic E-state index is 13.5. The summed E-state index contributed by atoms with van der Waals surface area (Å²) >= 11 is 0. The number of unbranched alkanes of at least 4 members (excludes halogenated alkanes) is 38. The number of phosphoric ester groups is 1. The van der Waals surface area contributed by atoms with Gasteiger partial charge in [0.1, 0.15) is 19.3 Å². The number of hydrogen-bond acceptors (Lipinski definition) is 7. The molecule has 1 amide bonds. The summed E-state index contributed by atoms with van der Waals surface area (Å²) in [4.78, 5) is 39.9. The first-order chi connectivity index (χ1) is 34.4. The van der Waals surface area contributed by atoms with Crippen LogP contribution in [0.25, 0.3) is 0 Å². The quantitative estimate of drug-likeness (QED) is 0.0212. The van der Waals surface area contributed by atoms with Crippen LogP contribution in [-0.4, -0.2) is 69.4 Å². The first kappa shape index (κ1) is 69.5. The number of allylic oxidation sites excluding steroid dienone is 3. The minimum atomic E-state index is -4.69. The van der Waals surface area contributed by atoms with Crippen LogP contribution in [-0.2, 0) is 27.9 Å². The molecule has 0 aromatic carbocycles. The SMILES string of the molecule is CCCCCC/C=C\CCCCCCCCCC(=O)NC(COP(=O)([O-])OCC[N+](C)(C)C)C(/C=C/CCCCCCCCCCCCC)OC(=O)CCCCCCCCCCCCCCCCCCC. The van der Waals surface area contributed by atoms with E-state index in [-0.39, 0.29) is 31.5 Å². The zero-order chi connectivity index (χ0) is 52.2. The lowest BCUT2D eigenvalue weighted by atomic mass is 10.0. The fourth-order valence-corrected chi connectivity index (χ4v) is 9.83. The van der Waals surface area contributed by atoms with Gasteiger partial charge in [-0.05, 0) is 57.4 Å². The monoisotopic (exact) mass is 1020 g/mol. The van der Waals surface area contributed by atoms with Crippen LogP contribution < -0.4 is 10.2 Å². The summed E-state index contributed by atoms with van der Waals surface area (Å²) in [6.45, 7) is 6.87. The number of rotatable bonds is 56. The molecule has 0 aromatic heterocycles. The summed E-state index contributed by atoms with van der Waals surface area (Å²) in [5, 5.41) is 3.03. The molecule has 9 nitrogen and oxygen atoms in total. The fourth-order valence-electron chi connectivity index (χ4n) is 9.11. The van der Waals surface area contributed by atoms with Gasteiger partial charge in [-0.2, -0.15) is 0 Å². The van der Waals surface area contributed by atoms with E-state index in [1.165, 1.54) is 199 Å². The molecule has 3 atom stereocenters. The molecule has 0 aliphatic heterocycles. The Hall–Kier alpha value is -1.51. The van der Waals surface area contributed by atoms with Gasteiger partial charge in [-0.25, -0.2) is 0 Å². The summed E-state index contributed by atoms with van der Waals surface area (Å²) in [7, 11) is 1.20. The molecule has 0 radical (unpaired) electrons. The highest BCUT2D eigenvalue weighted by atomic mass is 31.2. The van der Waals surface area contributed by atoms with Crippen molar-refractivity contribution in [3.63, 3.8) is 0 Å². The third-order valence-corrected chi connectivity index (χ3v) is 14.8. The van der Waals surface area contributed by atoms with Crippen molar-refractivity contribution in [2.45, 2.75) is 315 Å². The van der Waals surface area contributed by atoms with E-state index in [2.05, 4.69) is 38.2 Å². The van der Waals surface area contributed by atoms with E-state index >= 15 is 0 Å². The molecule has 420 valence electrons. The molecular weight excluding hydrogens is 904 g/mol. The average Bonchev–Trinajstić information content (AvgIpc) is 3.33. The molecule has 1 N–H and O–H groups in total. The lowest BCUT2D eigenvalue weighted by molar-refractivity contribution is -0.870. The van der Waals surface area contributed by atoms with Crippen molar-refractivity contribution < 1.29 is 37.3 Å². The van der Waals surface area contributed by atoms with Gasteiger partial charge in [0.15, 0.2) is 0 Å². The van der Waals surface area contributed by atoms with Crippen LogP contribution in [0.15, 0.2) is 24.3 Å². The molecule has 10 heteroatoms. The standard InChI is InChI=1S/C61H119N2O7P/c1-7-10-13-16-19-22-25-28-30-31-33-36-39-42-45-48-51-54-61(65)70-59(52-49-46-43-40-37-34-27-24-21-18-15-12-9-3)58(57-69-71(66,67)68-56-55-63(4,5)6)62-60(64)53-50-47-44-41-38-35-32-29-26-23-20-17-14-11-8-2/h23,26,49,52,58-59H,7-22,24-25,27-48,50-51,53-57H2,1-6H3,(H-,62,64,66,67)/b26-23-,52-49+. The summed E-state index contributed by atoms with van der Waals surface area (Å²) < 4.78 is 30.3. The molecule has 0 fully saturated rings. The molecule has 0 rings (SSSR count). The van der Waals surface area contributed by atoms with Gasteiger partial charge >= 0.3 is 5.97 Å². The maximum Gasteiger partial charge on any atom is 0.306 e. The molecule has 71 heavy (non-hydrogen) atoms. The molecule has 0 saturated heterocycles. The van der Waals surface area contributed by atoms with E-state index in [4.69, 9.17) is 13.8 Å². The Balaban J connectivity index is 5.29. The number of quaternary nitrogens is 1. The Morgan fingerprint density at radius 2 is 0.817 bits per heavy atom. The van der Waals surface area contributed by atoms with Gasteiger partial charge in [-0.3, -0.25) is 14.2 Å². The molecule has 0 heterocycles. The van der Waals surface area contributed by atoms with E-state index in [1.807, 2.05) is 33.3 Å². The van der Waals surface area contributed by atoms with Crippen LogP contribution in [0.1, 0.15) is 303 Å². The van der Waals surface area contributed by atoms with E-state index < -0.39 is 20.0 Å². The van der Waals surface area contributed by atoms with E-state index in [9.17, 15) is 19.0 Å². The highest BCUT2D eigenvalue weighted by Gasteiger charge is 2.27. The molecule has 3 unspecified atom stereocenters. The lowest BCUT2D eigenvalue weighted by Crippen LogP contribution is -2.47. The number of carbonyl (C=O) groups is 2. The van der Waals surface area contributed by atoms with Crippen molar-refractivity contribution in [3.05, 3.63) is 24.3 Å². The first-order valence-corrected chi connectivity index (χ1v) is 32.1. The summed E-state index contributed by atoms with van der Waals surface area (Å²) in [5.41, 5.74) is 0. The predicted octanol–water partition coefficient (Wildman–Crippen LogP) is 17.9. The average molecular weight is 1020 g/mol. The van der Waals surface area contributed by atoms with Crippen molar-refractivity contribution in [2.24, 2.45) is 0 Å². The zero-order valence-electron chi connectivity index (χ0n) is 48.0. The molecule has 0 bridgehead atoms. The number of carbonyl (C=O) groups excluding carboxylic acids is 2. The summed E-state index contributed by atoms with van der Waals surface area (Å²) in [5.74, 6) is -0.530. The second kappa shape index (κ2) is 52.0. The third-order valence-electron chi connectivity index (χ3n) is 13.9. The zero-order valence-corrected chi connectivity index (χ0v) is 48.8. The number of hydrogen-bond donors (Lipinski definition) is 1. The number of nitrogens with one attached hydrogen (secondary N) is 1. The van der Waals surface area contributed by atoms with Gasteiger partial charge < -0.3 is 28.5 Å². The molecular formula is C61H119N2O7P. The van der Waals surface area contributed by atoms with Crippen molar-refractivity contribution in [3.8, 4) is 0 Å². The third kappa shape index (κ3) is 53.1. The van der Waals surface area contributed by atoms with Crippen LogP contribution in [0, 0.1) is 0 Å². The second-order valence-corrected chi connectivity index (χ2v) is 23.6. The minimum Gasteiger partial charge on any atom is -0.756 e. The summed E-state index contributed by atoms with van der Waals surface area (Å²) in [6.07, 6.45) is 59.9. The number of amides is 1. The minimum absolute atomic E-state index is 0.0197. The molecule has 0 aromatic rings. The van der Waals surface area contributed by atoms with Crippen LogP contribution in [0.4, 0.5) is 0 Å². The molecule has 0 saturated carbocycles. The molecule has 0 aliphatic rings. The number of ether oxygens (including phenoxy) is 1. The molecule has 0 aliphatic carbocycles. The number of phosphoric acid groups is 1. The summed E-state index contributed by atoms with van der Waals surface area (Å²) in [6, 6.07) is -0.884. The van der Waals surface area contributed by atoms with Gasteiger partial charge in [0.05, 0.1) is 33.8 Å². The Kier molecular flexibility index (Phi) is 50.8. The number of nitrogens with zero attached hydrogens (tertiary/aromatic N) is 1. The lowest BCUT2D eigenvalue weighted by Gasteiger charge is -2.30. The first-order valence-electron chi connectivity index (χ1n) is 30.6. The Morgan fingerprint density at radius 3 is 1.21 bits per heavy atom. The largest absolute Gasteiger partial charge is 0.756 e. The van der Waals surface area contributed by atoms with Crippen molar-refractivity contribution >= 4 is 19.7 Å². The van der Waals surface area contributed by atoms with Crippen molar-refractivity contribution in [1.82, 2.24) is 5.32 Å². The van der Waals surface area contributed by atoms with Crippen LogP contribution in [0.3, 0.4) is 0 Å². The topological polar surface area (TPSA) is 114 Å². The van der Waals surface area contributed by atoms with Gasteiger partial charge in [-0.1, -0.05) is 257 Å². The van der Waals surface area contributed by atoms with Crippen molar-refractivity contribution in [2.75, 3.05) is 40.9 Å². The van der Waals surface area contributed by atoms with Gasteiger partial charge in [0, 0.05) is 12.8 Å². The van der Waals surface area contributed by atoms with Gasteiger partial charge in [-0.15, -0.1) is 0 Å².